The fourth-order valence-corrected chi connectivity index (χ4v) is 3.68. The molecule has 6 heteroatoms. The van der Waals surface area contributed by atoms with Gasteiger partial charge in [-0.2, -0.15) is 0 Å². The van der Waals surface area contributed by atoms with E-state index in [1.807, 2.05) is 66.4 Å². The van der Waals surface area contributed by atoms with Gasteiger partial charge in [0.25, 0.3) is 5.91 Å². The Morgan fingerprint density at radius 2 is 1.72 bits per heavy atom. The van der Waals surface area contributed by atoms with Crippen LogP contribution in [0.1, 0.15) is 27.0 Å². The van der Waals surface area contributed by atoms with E-state index in [0.29, 0.717) is 37.5 Å². The van der Waals surface area contributed by atoms with E-state index in [9.17, 15) is 9.59 Å². The average Bonchev–Trinajstić information content (AvgIpc) is 3.00. The van der Waals surface area contributed by atoms with Crippen molar-refractivity contribution in [1.29, 1.82) is 0 Å². The minimum absolute atomic E-state index is 0.164. The second-order valence-electron chi connectivity index (χ2n) is 7.93. The molecule has 1 heterocycles. The molecule has 0 spiro atoms. The number of aryl methyl sites for hydroxylation is 1. The Balaban J connectivity index is 1.37. The maximum absolute atomic E-state index is 12.8. The molecule has 0 saturated heterocycles. The molecule has 4 rings (SSSR count). The van der Waals surface area contributed by atoms with E-state index in [4.69, 9.17) is 4.74 Å². The maximum Gasteiger partial charge on any atom is 0.253 e. The minimum atomic E-state index is -0.224. The Morgan fingerprint density at radius 3 is 2.56 bits per heavy atom. The molecule has 1 aliphatic rings. The van der Waals surface area contributed by atoms with Crippen molar-refractivity contribution >= 4 is 17.5 Å². The van der Waals surface area contributed by atoms with Crippen LogP contribution in [0.25, 0.3) is 0 Å². The molecule has 0 bridgehead atoms. The zero-order valence-electron chi connectivity index (χ0n) is 18.1. The van der Waals surface area contributed by atoms with Crippen LogP contribution in [-0.2, 0) is 17.9 Å². The highest BCUT2D eigenvalue weighted by molar-refractivity contribution is 6.04. The zero-order valence-corrected chi connectivity index (χ0v) is 18.1. The van der Waals surface area contributed by atoms with E-state index in [1.54, 1.807) is 18.2 Å². The minimum Gasteiger partial charge on any atom is -0.492 e. The van der Waals surface area contributed by atoms with Gasteiger partial charge in [-0.25, -0.2) is 0 Å². The quantitative estimate of drug-likeness (QED) is 0.626. The third-order valence-electron chi connectivity index (χ3n) is 5.42. The summed E-state index contributed by atoms with van der Waals surface area (Å²) in [5.74, 6) is 0.479. The Morgan fingerprint density at radius 1 is 0.969 bits per heavy atom. The number of benzene rings is 3. The van der Waals surface area contributed by atoms with Gasteiger partial charge in [-0.3, -0.25) is 14.5 Å². The van der Waals surface area contributed by atoms with E-state index in [2.05, 4.69) is 10.6 Å². The van der Waals surface area contributed by atoms with Gasteiger partial charge in [-0.05, 0) is 30.7 Å². The predicted octanol–water partition coefficient (Wildman–Crippen LogP) is 3.76. The van der Waals surface area contributed by atoms with Crippen LogP contribution < -0.4 is 15.4 Å². The molecule has 0 fully saturated rings. The van der Waals surface area contributed by atoms with Gasteiger partial charge >= 0.3 is 0 Å². The summed E-state index contributed by atoms with van der Waals surface area (Å²) in [6, 6.07) is 23.0. The number of hydrogen-bond acceptors (Lipinski definition) is 4. The molecule has 3 aromatic rings. The number of nitrogens with zero attached hydrogens (tertiary/aromatic N) is 1. The Labute approximate surface area is 188 Å². The first-order chi connectivity index (χ1) is 15.6. The van der Waals surface area contributed by atoms with Gasteiger partial charge in [-0.1, -0.05) is 60.2 Å². The van der Waals surface area contributed by atoms with Crippen LogP contribution in [-0.4, -0.2) is 36.4 Å². The average molecular weight is 430 g/mol. The van der Waals surface area contributed by atoms with Crippen molar-refractivity contribution in [3.05, 3.63) is 95.1 Å². The van der Waals surface area contributed by atoms with Crippen LogP contribution in [0.3, 0.4) is 0 Å². The summed E-state index contributed by atoms with van der Waals surface area (Å²) in [4.78, 5) is 27.6. The molecule has 1 aliphatic heterocycles. The van der Waals surface area contributed by atoms with Gasteiger partial charge in [0.2, 0.25) is 5.91 Å². The van der Waals surface area contributed by atoms with E-state index < -0.39 is 0 Å². The molecule has 0 unspecified atom stereocenters. The van der Waals surface area contributed by atoms with Crippen LogP contribution in [0.5, 0.6) is 5.75 Å². The molecule has 32 heavy (non-hydrogen) atoms. The summed E-state index contributed by atoms with van der Waals surface area (Å²) in [7, 11) is 0. The number of rotatable bonds is 6. The number of fused-ring (bicyclic) bond motifs is 1. The van der Waals surface area contributed by atoms with Crippen molar-refractivity contribution in [2.24, 2.45) is 0 Å². The number of ether oxygens (including phenoxy) is 1. The van der Waals surface area contributed by atoms with Crippen molar-refractivity contribution in [3.63, 3.8) is 0 Å². The number of anilines is 1. The predicted molar refractivity (Wildman–Crippen MR) is 125 cm³/mol. The van der Waals surface area contributed by atoms with Gasteiger partial charge in [0.1, 0.15) is 12.4 Å². The van der Waals surface area contributed by atoms with Gasteiger partial charge in [0, 0.05) is 25.2 Å². The van der Waals surface area contributed by atoms with Crippen LogP contribution in [0.2, 0.25) is 0 Å². The first-order valence-corrected chi connectivity index (χ1v) is 10.7. The van der Waals surface area contributed by atoms with E-state index in [1.165, 1.54) is 5.56 Å². The molecule has 0 radical (unpaired) electrons. The molecule has 2 N–H and O–H groups in total. The van der Waals surface area contributed by atoms with Gasteiger partial charge < -0.3 is 15.4 Å². The highest BCUT2D eigenvalue weighted by atomic mass is 16.5. The smallest absolute Gasteiger partial charge is 0.253 e. The SMILES string of the molecule is Cc1ccc(CNC(=O)c2ccccc2NC(=O)CN2CCOc3ccccc3C2)cc1. The van der Waals surface area contributed by atoms with Crippen molar-refractivity contribution < 1.29 is 14.3 Å². The number of amides is 2. The lowest BCUT2D eigenvalue weighted by molar-refractivity contribution is -0.117. The van der Waals surface area contributed by atoms with Crippen molar-refractivity contribution in [2.75, 3.05) is 25.0 Å². The molecule has 0 aromatic heterocycles. The monoisotopic (exact) mass is 429 g/mol. The van der Waals surface area contributed by atoms with Gasteiger partial charge in [-0.15, -0.1) is 0 Å². The molecule has 0 atom stereocenters. The van der Waals surface area contributed by atoms with Crippen LogP contribution >= 0.6 is 0 Å². The third kappa shape index (κ3) is 5.53. The fourth-order valence-electron chi connectivity index (χ4n) is 3.68. The van der Waals surface area contributed by atoms with E-state index in [-0.39, 0.29) is 18.4 Å². The number of hydrogen-bond donors (Lipinski definition) is 2. The summed E-state index contributed by atoms with van der Waals surface area (Å²) in [6.07, 6.45) is 0. The Kier molecular flexibility index (Phi) is 6.82. The molecule has 164 valence electrons. The maximum atomic E-state index is 12.8. The normalized spacial score (nSPS) is 13.4. The molecular formula is C26H27N3O3. The second kappa shape index (κ2) is 10.1. The first-order valence-electron chi connectivity index (χ1n) is 10.7. The highest BCUT2D eigenvalue weighted by Crippen LogP contribution is 2.22. The lowest BCUT2D eigenvalue weighted by Crippen LogP contribution is -2.35. The highest BCUT2D eigenvalue weighted by Gasteiger charge is 2.19. The Bertz CT molecular complexity index is 1100. The summed E-state index contributed by atoms with van der Waals surface area (Å²) < 4.78 is 5.77. The van der Waals surface area contributed by atoms with Crippen molar-refractivity contribution in [3.8, 4) is 5.75 Å². The van der Waals surface area contributed by atoms with Crippen LogP contribution in [0.4, 0.5) is 5.69 Å². The van der Waals surface area contributed by atoms with E-state index >= 15 is 0 Å². The van der Waals surface area contributed by atoms with Gasteiger partial charge in [0.15, 0.2) is 0 Å². The van der Waals surface area contributed by atoms with Crippen molar-refractivity contribution in [1.82, 2.24) is 10.2 Å². The molecule has 2 amide bonds. The molecule has 0 saturated carbocycles. The van der Waals surface area contributed by atoms with Crippen LogP contribution in [0.15, 0.2) is 72.8 Å². The Hall–Kier alpha value is -3.64. The summed E-state index contributed by atoms with van der Waals surface area (Å²) in [5.41, 5.74) is 4.21. The molecule has 0 aliphatic carbocycles. The zero-order chi connectivity index (χ0) is 22.3. The lowest BCUT2D eigenvalue weighted by atomic mass is 10.1. The largest absolute Gasteiger partial charge is 0.492 e. The summed E-state index contributed by atoms with van der Waals surface area (Å²) >= 11 is 0. The number of para-hydroxylation sites is 2. The van der Waals surface area contributed by atoms with Crippen LogP contribution in [0, 0.1) is 6.92 Å². The van der Waals surface area contributed by atoms with Crippen molar-refractivity contribution in [2.45, 2.75) is 20.0 Å². The van der Waals surface area contributed by atoms with E-state index in [0.717, 1.165) is 16.9 Å². The first kappa shape index (κ1) is 21.6. The van der Waals surface area contributed by atoms with Gasteiger partial charge in [0.05, 0.1) is 17.8 Å². The molecule has 3 aromatic carbocycles. The number of carbonyl (C=O) groups is 2. The third-order valence-corrected chi connectivity index (χ3v) is 5.42. The second-order valence-corrected chi connectivity index (χ2v) is 7.93. The molecular weight excluding hydrogens is 402 g/mol. The topological polar surface area (TPSA) is 70.7 Å². The lowest BCUT2D eigenvalue weighted by Gasteiger charge is -2.19. The fraction of sp³-hybridized carbons (Fsp3) is 0.231. The summed E-state index contributed by atoms with van der Waals surface area (Å²) in [6.45, 7) is 4.50. The number of nitrogens with one attached hydrogen (secondary N) is 2. The standard InChI is InChI=1S/C26H27N3O3/c1-19-10-12-20(13-11-19)16-27-26(31)22-7-3-4-8-23(22)28-25(30)18-29-14-15-32-24-9-5-2-6-21(24)17-29/h2-13H,14-18H2,1H3,(H,27,31)(H,28,30). The summed E-state index contributed by atoms with van der Waals surface area (Å²) in [5, 5.41) is 5.84. The number of carbonyl (C=O) groups excluding carboxylic acids is 2. The molecule has 6 nitrogen and oxygen atoms in total.